The molecule has 0 aliphatic rings. The first-order chi connectivity index (χ1) is 6.47. The highest BCUT2D eigenvalue weighted by atomic mass is 16.6. The van der Waals surface area contributed by atoms with Crippen molar-refractivity contribution in [2.75, 3.05) is 6.61 Å². The minimum atomic E-state index is -1.65. The lowest BCUT2D eigenvalue weighted by atomic mass is 10.2. The summed E-state index contributed by atoms with van der Waals surface area (Å²) in [6.07, 6.45) is -1.04. The lowest BCUT2D eigenvalue weighted by molar-refractivity contribution is -0.162. The second-order valence-electron chi connectivity index (χ2n) is 2.23. The molecule has 0 bridgehead atoms. The highest BCUT2D eigenvalue weighted by molar-refractivity contribution is 6.32. The van der Waals surface area contributed by atoms with Crippen molar-refractivity contribution in [3.63, 3.8) is 0 Å². The molecule has 7 heteroatoms. The summed E-state index contributed by atoms with van der Waals surface area (Å²) in [4.78, 5) is 41.4. The molecular formula is C7H8O7. The molecule has 0 fully saturated rings. The third-order valence-corrected chi connectivity index (χ3v) is 1.15. The van der Waals surface area contributed by atoms with Crippen molar-refractivity contribution in [2.45, 2.75) is 12.8 Å². The molecule has 0 radical (unpaired) electrons. The van der Waals surface area contributed by atoms with Gasteiger partial charge in [0, 0.05) is 6.42 Å². The number of ketones is 1. The summed E-state index contributed by atoms with van der Waals surface area (Å²) < 4.78 is 3.96. The van der Waals surface area contributed by atoms with Crippen LogP contribution in [0.2, 0.25) is 0 Å². The van der Waals surface area contributed by atoms with E-state index in [1.54, 1.807) is 0 Å². The number of carboxylic acid groups (broad SMARTS) is 1. The number of rotatable bonds is 5. The van der Waals surface area contributed by atoms with Gasteiger partial charge in [0.15, 0.2) is 0 Å². The van der Waals surface area contributed by atoms with Crippen LogP contribution in [0.3, 0.4) is 0 Å². The van der Waals surface area contributed by atoms with Gasteiger partial charge in [-0.3, -0.25) is 9.59 Å². The molecule has 0 amide bonds. The molecule has 0 unspecified atom stereocenters. The van der Waals surface area contributed by atoms with Crippen molar-refractivity contribution in [3.05, 3.63) is 0 Å². The number of carboxylic acids is 1. The van der Waals surface area contributed by atoms with E-state index in [1.807, 2.05) is 0 Å². The van der Waals surface area contributed by atoms with E-state index >= 15 is 0 Å². The molecular weight excluding hydrogens is 196 g/mol. The minimum absolute atomic E-state index is 0.503. The van der Waals surface area contributed by atoms with Gasteiger partial charge in [0.1, 0.15) is 6.61 Å². The maximum absolute atomic E-state index is 10.6. The molecule has 0 aliphatic carbocycles. The smallest absolute Gasteiger partial charge is 0.372 e. The Morgan fingerprint density at radius 2 is 1.57 bits per heavy atom. The minimum Gasteiger partial charge on any atom is -0.476 e. The van der Waals surface area contributed by atoms with Crippen molar-refractivity contribution in [2.24, 2.45) is 0 Å². The number of aliphatic hydroxyl groups excluding tert-OH is 1. The van der Waals surface area contributed by atoms with E-state index in [0.29, 0.717) is 0 Å². The van der Waals surface area contributed by atoms with Gasteiger partial charge < -0.3 is 14.9 Å². The van der Waals surface area contributed by atoms with E-state index in [-0.39, 0.29) is 0 Å². The third-order valence-electron chi connectivity index (χ3n) is 1.15. The summed E-state index contributed by atoms with van der Waals surface area (Å²) in [5.74, 6) is -4.97. The molecule has 7 nitrogen and oxygen atoms in total. The predicted octanol–water partition coefficient (Wildman–Crippen LogP) is -1.52. The Morgan fingerprint density at radius 1 is 1.00 bits per heavy atom. The zero-order chi connectivity index (χ0) is 11.1. The standard InChI is InChI=1S/C7H8O7/c8-3-6(11)14-5(10)2-1-4(9)7(12)13/h8H,1-3H2,(H,12,13). The summed E-state index contributed by atoms with van der Waals surface area (Å²) in [5, 5.41) is 16.3. The number of hydrogen-bond donors (Lipinski definition) is 2. The lowest BCUT2D eigenvalue weighted by Crippen LogP contribution is -2.18. The Bertz CT molecular complexity index is 267. The first-order valence-electron chi connectivity index (χ1n) is 3.58. The Morgan fingerprint density at radius 3 is 2.00 bits per heavy atom. The molecule has 14 heavy (non-hydrogen) atoms. The average Bonchev–Trinajstić information content (AvgIpc) is 2.13. The molecule has 0 aromatic rings. The van der Waals surface area contributed by atoms with Crippen LogP contribution in [-0.4, -0.2) is 40.5 Å². The quantitative estimate of drug-likeness (QED) is 0.317. The maximum atomic E-state index is 10.6. The number of aliphatic carboxylic acids is 1. The molecule has 0 aromatic carbocycles. The van der Waals surface area contributed by atoms with Crippen LogP contribution in [0.1, 0.15) is 12.8 Å². The van der Waals surface area contributed by atoms with Gasteiger partial charge in [0.2, 0.25) is 5.78 Å². The average molecular weight is 204 g/mol. The van der Waals surface area contributed by atoms with Gasteiger partial charge in [0.05, 0.1) is 6.42 Å². The lowest BCUT2D eigenvalue weighted by Gasteiger charge is -1.98. The van der Waals surface area contributed by atoms with Crippen molar-refractivity contribution in [3.8, 4) is 0 Å². The zero-order valence-electron chi connectivity index (χ0n) is 7.06. The Labute approximate surface area is 78.3 Å². The summed E-state index contributed by atoms with van der Waals surface area (Å²) in [6.45, 7) is -0.946. The van der Waals surface area contributed by atoms with Gasteiger partial charge in [-0.15, -0.1) is 0 Å². The second-order valence-corrected chi connectivity index (χ2v) is 2.23. The van der Waals surface area contributed by atoms with Crippen LogP contribution < -0.4 is 0 Å². The van der Waals surface area contributed by atoms with Gasteiger partial charge in [-0.05, 0) is 0 Å². The first kappa shape index (κ1) is 12.2. The van der Waals surface area contributed by atoms with E-state index < -0.39 is 43.1 Å². The van der Waals surface area contributed by atoms with E-state index in [0.717, 1.165) is 0 Å². The van der Waals surface area contributed by atoms with E-state index in [1.165, 1.54) is 0 Å². The number of carbonyl (C=O) groups is 4. The van der Waals surface area contributed by atoms with Crippen LogP contribution in [0.25, 0.3) is 0 Å². The normalized spacial score (nSPS) is 9.21. The van der Waals surface area contributed by atoms with E-state index in [9.17, 15) is 19.2 Å². The van der Waals surface area contributed by atoms with Gasteiger partial charge >= 0.3 is 17.9 Å². The van der Waals surface area contributed by atoms with Gasteiger partial charge in [0.25, 0.3) is 0 Å². The van der Waals surface area contributed by atoms with Gasteiger partial charge in [-0.25, -0.2) is 9.59 Å². The van der Waals surface area contributed by atoms with Crippen LogP contribution in [0, 0.1) is 0 Å². The Kier molecular flexibility index (Phi) is 5.08. The predicted molar refractivity (Wildman–Crippen MR) is 40.1 cm³/mol. The van der Waals surface area contributed by atoms with E-state index in [4.69, 9.17) is 10.2 Å². The molecule has 0 heterocycles. The van der Waals surface area contributed by atoms with Crippen LogP contribution in [0.4, 0.5) is 0 Å². The van der Waals surface area contributed by atoms with Crippen LogP contribution in [0.15, 0.2) is 0 Å². The molecule has 2 N–H and O–H groups in total. The number of Topliss-reactive ketones (excluding diaryl/α,β-unsaturated/α-hetero) is 1. The topological polar surface area (TPSA) is 118 Å². The molecule has 0 atom stereocenters. The van der Waals surface area contributed by atoms with Crippen molar-refractivity contribution in [1.29, 1.82) is 0 Å². The fourth-order valence-electron chi connectivity index (χ4n) is 0.533. The summed E-state index contributed by atoms with van der Waals surface area (Å²) in [6, 6.07) is 0. The van der Waals surface area contributed by atoms with Crippen LogP contribution >= 0.6 is 0 Å². The fourth-order valence-corrected chi connectivity index (χ4v) is 0.533. The Hall–Kier alpha value is -1.76. The molecule has 0 aliphatic heterocycles. The number of carbonyl (C=O) groups excluding carboxylic acids is 3. The molecule has 0 aromatic heterocycles. The highest BCUT2D eigenvalue weighted by Gasteiger charge is 2.15. The first-order valence-corrected chi connectivity index (χ1v) is 3.58. The van der Waals surface area contributed by atoms with Gasteiger partial charge in [-0.2, -0.15) is 0 Å². The van der Waals surface area contributed by atoms with E-state index in [2.05, 4.69) is 4.74 Å². The van der Waals surface area contributed by atoms with Crippen LogP contribution in [0.5, 0.6) is 0 Å². The number of ether oxygens (including phenoxy) is 1. The maximum Gasteiger partial charge on any atom is 0.372 e. The molecule has 0 saturated carbocycles. The highest BCUT2D eigenvalue weighted by Crippen LogP contribution is 1.95. The number of esters is 2. The van der Waals surface area contributed by atoms with Crippen molar-refractivity contribution < 1.29 is 34.1 Å². The number of hydrogen-bond acceptors (Lipinski definition) is 6. The molecule has 0 rings (SSSR count). The fraction of sp³-hybridized carbons (Fsp3) is 0.429. The molecule has 0 saturated heterocycles. The Balaban J connectivity index is 3.80. The SMILES string of the molecule is O=C(CO)OC(=O)CCC(=O)C(=O)O. The molecule has 78 valence electrons. The number of aliphatic hydroxyl groups is 1. The summed E-state index contributed by atoms with van der Waals surface area (Å²) >= 11 is 0. The van der Waals surface area contributed by atoms with Crippen LogP contribution in [-0.2, 0) is 23.9 Å². The summed E-state index contributed by atoms with van der Waals surface area (Å²) in [7, 11) is 0. The molecule has 0 spiro atoms. The van der Waals surface area contributed by atoms with Crippen molar-refractivity contribution >= 4 is 23.7 Å². The second kappa shape index (κ2) is 5.81. The third kappa shape index (κ3) is 4.99. The summed E-state index contributed by atoms with van der Waals surface area (Å²) in [5.41, 5.74) is 0. The largest absolute Gasteiger partial charge is 0.476 e. The monoisotopic (exact) mass is 204 g/mol. The van der Waals surface area contributed by atoms with Gasteiger partial charge in [-0.1, -0.05) is 0 Å². The van der Waals surface area contributed by atoms with Crippen molar-refractivity contribution in [1.82, 2.24) is 0 Å². The zero-order valence-corrected chi connectivity index (χ0v) is 7.06.